The maximum Gasteiger partial charge on any atom is 0.305 e. The van der Waals surface area contributed by atoms with E-state index in [0.717, 1.165) is 18.9 Å². The molecule has 15 heteroatoms. The van der Waals surface area contributed by atoms with E-state index in [4.69, 9.17) is 33.2 Å². The largest absolute Gasteiger partial charge is 0.463 e. The highest BCUT2D eigenvalue weighted by Crippen LogP contribution is 2.28. The molecule has 1 N–H and O–H groups in total. The van der Waals surface area contributed by atoms with Gasteiger partial charge in [0, 0.05) is 19.0 Å². The first-order valence-electron chi connectivity index (χ1n) is 16.7. The summed E-state index contributed by atoms with van der Waals surface area (Å²) in [6, 6.07) is 3.43. The summed E-state index contributed by atoms with van der Waals surface area (Å²) >= 11 is 0. The van der Waals surface area contributed by atoms with E-state index in [0.29, 0.717) is 85.6 Å². The summed E-state index contributed by atoms with van der Waals surface area (Å²) in [7, 11) is 0. The van der Waals surface area contributed by atoms with Crippen molar-refractivity contribution >= 4 is 23.0 Å². The fourth-order valence-electron chi connectivity index (χ4n) is 4.26. The number of esters is 1. The van der Waals surface area contributed by atoms with Gasteiger partial charge in [0.2, 0.25) is 0 Å². The quantitative estimate of drug-likeness (QED) is 0.0421. The number of benzene rings is 1. The normalized spacial score (nSPS) is 11.1. The molecule has 0 atom stereocenters. The SMILES string of the molecule is CCCCCCCCCCCC(=O)OCCOCCOCCOCCOCCOCCOCCNc1ccc([N+](=O)[O-])cc1[N+](=O)[O-]. The van der Waals surface area contributed by atoms with Crippen molar-refractivity contribution in [2.75, 3.05) is 97.8 Å². The molecule has 15 nitrogen and oxygen atoms in total. The summed E-state index contributed by atoms with van der Waals surface area (Å²) in [5, 5.41) is 24.8. The molecule has 0 aliphatic carbocycles. The number of carbonyl (C=O) groups is 1. The third-order valence-corrected chi connectivity index (χ3v) is 6.79. The van der Waals surface area contributed by atoms with Gasteiger partial charge in [0.1, 0.15) is 12.3 Å². The lowest BCUT2D eigenvalue weighted by Crippen LogP contribution is -2.16. The molecule has 1 aromatic carbocycles. The number of hydrogen-bond donors (Lipinski definition) is 1. The summed E-state index contributed by atoms with van der Waals surface area (Å²) < 4.78 is 37.8. The van der Waals surface area contributed by atoms with Crippen LogP contribution in [0.15, 0.2) is 18.2 Å². The van der Waals surface area contributed by atoms with Crippen LogP contribution in [0.5, 0.6) is 0 Å². The average Bonchev–Trinajstić information content (AvgIpc) is 3.06. The molecule has 47 heavy (non-hydrogen) atoms. The highest BCUT2D eigenvalue weighted by Gasteiger charge is 2.19. The summed E-state index contributed by atoms with van der Waals surface area (Å²) in [4.78, 5) is 32.3. The lowest BCUT2D eigenvalue weighted by Gasteiger charge is -2.09. The van der Waals surface area contributed by atoms with Gasteiger partial charge in [-0.25, -0.2) is 0 Å². The van der Waals surface area contributed by atoms with Crippen LogP contribution in [0.3, 0.4) is 0 Å². The number of ether oxygens (including phenoxy) is 7. The molecule has 0 saturated carbocycles. The Hall–Kier alpha value is -2.95. The molecular weight excluding hydrogens is 618 g/mol. The predicted molar refractivity (Wildman–Crippen MR) is 176 cm³/mol. The summed E-state index contributed by atoms with van der Waals surface area (Å²) in [6.45, 7) is 7.55. The van der Waals surface area contributed by atoms with E-state index in [-0.39, 0.29) is 36.2 Å². The van der Waals surface area contributed by atoms with Crippen LogP contribution in [0.25, 0.3) is 0 Å². The minimum atomic E-state index is -0.681. The molecular formula is C32H55N3O12. The number of hydrogen-bond acceptors (Lipinski definition) is 13. The van der Waals surface area contributed by atoms with Gasteiger partial charge in [-0.15, -0.1) is 0 Å². The van der Waals surface area contributed by atoms with E-state index < -0.39 is 9.85 Å². The predicted octanol–water partition coefficient (Wildman–Crippen LogP) is 5.48. The molecule has 0 aliphatic rings. The second-order valence-corrected chi connectivity index (χ2v) is 10.6. The lowest BCUT2D eigenvalue weighted by atomic mass is 10.1. The number of rotatable bonds is 34. The Morgan fingerprint density at radius 1 is 0.617 bits per heavy atom. The maximum atomic E-state index is 11.8. The molecule has 0 bridgehead atoms. The molecule has 0 fully saturated rings. The Morgan fingerprint density at radius 3 is 1.53 bits per heavy atom. The van der Waals surface area contributed by atoms with E-state index >= 15 is 0 Å². The van der Waals surface area contributed by atoms with Gasteiger partial charge in [0.15, 0.2) is 0 Å². The number of nitrogens with zero attached hydrogens (tertiary/aromatic N) is 2. The highest BCUT2D eigenvalue weighted by molar-refractivity contribution is 5.69. The third-order valence-electron chi connectivity index (χ3n) is 6.79. The van der Waals surface area contributed by atoms with Gasteiger partial charge in [-0.1, -0.05) is 58.3 Å². The summed E-state index contributed by atoms with van der Waals surface area (Å²) in [6.07, 6.45) is 11.4. The molecule has 0 unspecified atom stereocenters. The van der Waals surface area contributed by atoms with Gasteiger partial charge in [0.05, 0.1) is 95.2 Å². The Bertz CT molecular complexity index is 954. The molecule has 1 rings (SSSR count). The van der Waals surface area contributed by atoms with Crippen molar-refractivity contribution in [3.63, 3.8) is 0 Å². The van der Waals surface area contributed by atoms with E-state index in [2.05, 4.69) is 12.2 Å². The van der Waals surface area contributed by atoms with Gasteiger partial charge in [-0.05, 0) is 12.5 Å². The smallest absolute Gasteiger partial charge is 0.305 e. The number of nitrogens with one attached hydrogen (secondary N) is 1. The zero-order chi connectivity index (χ0) is 34.2. The molecule has 0 radical (unpaired) electrons. The average molecular weight is 674 g/mol. The van der Waals surface area contributed by atoms with Crippen molar-refractivity contribution in [2.45, 2.75) is 71.1 Å². The Balaban J connectivity index is 1.78. The van der Waals surface area contributed by atoms with Crippen LogP contribution < -0.4 is 5.32 Å². The van der Waals surface area contributed by atoms with Crippen LogP contribution in [-0.2, 0) is 38.0 Å². The van der Waals surface area contributed by atoms with Gasteiger partial charge in [0.25, 0.3) is 11.4 Å². The first-order chi connectivity index (χ1) is 23.0. The molecule has 1 aromatic rings. The molecule has 0 spiro atoms. The van der Waals surface area contributed by atoms with Crippen molar-refractivity contribution in [3.8, 4) is 0 Å². The zero-order valence-corrected chi connectivity index (χ0v) is 28.0. The second kappa shape index (κ2) is 30.4. The van der Waals surface area contributed by atoms with Crippen LogP contribution in [0.1, 0.15) is 71.1 Å². The van der Waals surface area contributed by atoms with E-state index in [1.54, 1.807) is 0 Å². The van der Waals surface area contributed by atoms with Crippen molar-refractivity contribution < 1.29 is 47.8 Å². The second-order valence-electron chi connectivity index (χ2n) is 10.6. The Kier molecular flexibility index (Phi) is 27.2. The van der Waals surface area contributed by atoms with Crippen LogP contribution in [0.4, 0.5) is 17.1 Å². The minimum absolute atomic E-state index is 0.157. The van der Waals surface area contributed by atoms with Crippen LogP contribution >= 0.6 is 0 Å². The first-order valence-corrected chi connectivity index (χ1v) is 16.7. The van der Waals surface area contributed by atoms with Gasteiger partial charge in [-0.3, -0.25) is 25.0 Å². The van der Waals surface area contributed by atoms with Crippen molar-refractivity contribution in [3.05, 3.63) is 38.4 Å². The number of anilines is 1. The molecule has 0 aliphatic heterocycles. The molecule has 0 heterocycles. The number of unbranched alkanes of at least 4 members (excludes halogenated alkanes) is 8. The van der Waals surface area contributed by atoms with Crippen molar-refractivity contribution in [1.82, 2.24) is 0 Å². The fraction of sp³-hybridized carbons (Fsp3) is 0.781. The molecule has 0 aromatic heterocycles. The highest BCUT2D eigenvalue weighted by atomic mass is 16.6. The molecule has 0 saturated heterocycles. The standard InChI is InChI=1S/C32H55N3O12/c1-2-3-4-5-6-7-8-9-10-11-32(36)47-27-26-46-25-24-45-23-22-44-21-20-43-19-18-42-17-16-41-15-14-33-30-13-12-29(34(37)38)28-31(30)35(39)40/h12-13,28,33H,2-11,14-27H2,1H3. The lowest BCUT2D eigenvalue weighted by molar-refractivity contribution is -0.393. The topological polar surface area (TPSA) is 180 Å². The summed E-state index contributed by atoms with van der Waals surface area (Å²) in [5.74, 6) is -0.157. The van der Waals surface area contributed by atoms with Crippen LogP contribution in [-0.4, -0.2) is 108 Å². The van der Waals surface area contributed by atoms with Crippen LogP contribution in [0, 0.1) is 20.2 Å². The Morgan fingerprint density at radius 2 is 1.06 bits per heavy atom. The van der Waals surface area contributed by atoms with E-state index in [1.807, 2.05) is 0 Å². The first kappa shape index (κ1) is 42.1. The van der Waals surface area contributed by atoms with Gasteiger partial charge >= 0.3 is 5.97 Å². The third kappa shape index (κ3) is 24.8. The number of nitro groups is 2. The van der Waals surface area contributed by atoms with Gasteiger partial charge in [-0.2, -0.15) is 0 Å². The maximum absolute atomic E-state index is 11.8. The van der Waals surface area contributed by atoms with Crippen LogP contribution in [0.2, 0.25) is 0 Å². The number of nitro benzene ring substituents is 2. The van der Waals surface area contributed by atoms with Crippen molar-refractivity contribution in [1.29, 1.82) is 0 Å². The molecule has 0 amide bonds. The minimum Gasteiger partial charge on any atom is -0.463 e. The van der Waals surface area contributed by atoms with E-state index in [9.17, 15) is 25.0 Å². The molecule has 270 valence electrons. The Labute approximate surface area is 278 Å². The number of carbonyl (C=O) groups excluding carboxylic acids is 1. The van der Waals surface area contributed by atoms with Crippen molar-refractivity contribution in [2.24, 2.45) is 0 Å². The number of non-ortho nitro benzene ring substituents is 1. The summed E-state index contributed by atoms with van der Waals surface area (Å²) in [5.41, 5.74) is -0.525. The zero-order valence-electron chi connectivity index (χ0n) is 28.0. The monoisotopic (exact) mass is 673 g/mol. The van der Waals surface area contributed by atoms with E-state index in [1.165, 1.54) is 57.1 Å². The van der Waals surface area contributed by atoms with Gasteiger partial charge < -0.3 is 38.5 Å². The fourth-order valence-corrected chi connectivity index (χ4v) is 4.26.